The molecule has 1 aromatic carbocycles. The van der Waals surface area contributed by atoms with Gasteiger partial charge < -0.3 is 9.84 Å². The van der Waals surface area contributed by atoms with Gasteiger partial charge in [-0.3, -0.25) is 14.9 Å². The minimum Gasteiger partial charge on any atom is -0.502 e. The maximum absolute atomic E-state index is 10.6. The highest BCUT2D eigenvalue weighted by molar-refractivity contribution is 5.82. The van der Waals surface area contributed by atoms with Crippen LogP contribution in [0.1, 0.15) is 17.3 Å². The third-order valence-corrected chi connectivity index (χ3v) is 1.73. The van der Waals surface area contributed by atoms with Gasteiger partial charge in [-0.1, -0.05) is 0 Å². The number of hydrogen-bond acceptors (Lipinski definition) is 5. The van der Waals surface area contributed by atoms with Gasteiger partial charge in [-0.15, -0.1) is 0 Å². The number of carbonyl (C=O) groups excluding carboxylic acids is 1. The molecule has 1 aromatic rings. The van der Waals surface area contributed by atoms with Crippen molar-refractivity contribution >= 4 is 12.0 Å². The highest BCUT2D eigenvalue weighted by Gasteiger charge is 2.17. The number of hydrogen-bond donors (Lipinski definition) is 1. The topological polar surface area (TPSA) is 89.7 Å². The van der Waals surface area contributed by atoms with Gasteiger partial charge in [-0.25, -0.2) is 0 Å². The van der Waals surface area contributed by atoms with Crippen LogP contribution in [-0.4, -0.2) is 22.9 Å². The highest BCUT2D eigenvalue weighted by Crippen LogP contribution is 2.32. The number of carbonyl (C=O) groups is 1. The Morgan fingerprint density at radius 1 is 1.60 bits per heavy atom. The number of phenols is 1. The first kappa shape index (κ1) is 11.0. The van der Waals surface area contributed by atoms with Crippen molar-refractivity contribution in [2.24, 2.45) is 0 Å². The first-order valence-electron chi connectivity index (χ1n) is 4.19. The Kier molecular flexibility index (Phi) is 3.22. The minimum atomic E-state index is -0.766. The summed E-state index contributed by atoms with van der Waals surface area (Å²) in [5, 5.41) is 19.7. The van der Waals surface area contributed by atoms with Crippen LogP contribution in [0.4, 0.5) is 5.69 Å². The summed E-state index contributed by atoms with van der Waals surface area (Å²) in [6, 6.07) is 2.04. The second-order valence-electron chi connectivity index (χ2n) is 2.69. The number of nitro groups is 1. The Morgan fingerprint density at radius 2 is 2.27 bits per heavy atom. The summed E-state index contributed by atoms with van der Waals surface area (Å²) in [5.74, 6) is -0.385. The molecule has 0 aliphatic heterocycles. The quantitative estimate of drug-likeness (QED) is 0.463. The zero-order valence-electron chi connectivity index (χ0n) is 7.97. The molecule has 0 spiro atoms. The largest absolute Gasteiger partial charge is 0.502 e. The Labute approximate surface area is 85.2 Å². The number of phenolic OH excluding ortho intramolecular Hbond substituents is 1. The molecule has 0 aliphatic rings. The third kappa shape index (κ3) is 2.22. The smallest absolute Gasteiger partial charge is 0.311 e. The van der Waals surface area contributed by atoms with E-state index in [9.17, 15) is 20.0 Å². The molecule has 0 bridgehead atoms. The monoisotopic (exact) mass is 211 g/mol. The molecule has 1 rings (SSSR count). The van der Waals surface area contributed by atoms with Crippen molar-refractivity contribution < 1.29 is 19.6 Å². The molecule has 1 N–H and O–H groups in total. The molecule has 0 fully saturated rings. The lowest BCUT2D eigenvalue weighted by Gasteiger charge is -2.06. The van der Waals surface area contributed by atoms with E-state index < -0.39 is 16.4 Å². The number of nitrogens with zero attached hydrogens (tertiary/aromatic N) is 1. The Hall–Kier alpha value is -2.11. The lowest BCUT2D eigenvalue weighted by Crippen LogP contribution is -1.98. The highest BCUT2D eigenvalue weighted by atomic mass is 16.6. The second-order valence-corrected chi connectivity index (χ2v) is 2.69. The van der Waals surface area contributed by atoms with E-state index in [2.05, 4.69) is 0 Å². The first-order valence-corrected chi connectivity index (χ1v) is 4.19. The van der Waals surface area contributed by atoms with E-state index in [1.165, 1.54) is 0 Å². The van der Waals surface area contributed by atoms with Crippen molar-refractivity contribution in [1.82, 2.24) is 0 Å². The summed E-state index contributed by atoms with van der Waals surface area (Å²) in [7, 11) is 0. The van der Waals surface area contributed by atoms with Crippen LogP contribution < -0.4 is 4.74 Å². The number of ether oxygens (including phenoxy) is 1. The molecule has 0 aliphatic carbocycles. The van der Waals surface area contributed by atoms with Crippen molar-refractivity contribution in [3.63, 3.8) is 0 Å². The van der Waals surface area contributed by atoms with E-state index >= 15 is 0 Å². The summed E-state index contributed by atoms with van der Waals surface area (Å²) in [6.45, 7) is 2.01. The van der Waals surface area contributed by atoms with Crippen LogP contribution in [-0.2, 0) is 0 Å². The third-order valence-electron chi connectivity index (χ3n) is 1.73. The number of nitro benzene ring substituents is 1. The summed E-state index contributed by atoms with van der Waals surface area (Å²) in [6.07, 6.45) is 0.442. The van der Waals surface area contributed by atoms with Gasteiger partial charge in [0.05, 0.1) is 17.1 Å². The van der Waals surface area contributed by atoms with E-state index in [1.807, 2.05) is 0 Å². The van der Waals surface area contributed by atoms with Gasteiger partial charge >= 0.3 is 5.69 Å². The van der Waals surface area contributed by atoms with Crippen LogP contribution in [0.15, 0.2) is 12.1 Å². The minimum absolute atomic E-state index is 0.0429. The maximum Gasteiger partial charge on any atom is 0.311 e. The number of rotatable bonds is 4. The van der Waals surface area contributed by atoms with Crippen molar-refractivity contribution in [1.29, 1.82) is 0 Å². The van der Waals surface area contributed by atoms with E-state index in [0.29, 0.717) is 12.9 Å². The molecule has 0 saturated heterocycles. The van der Waals surface area contributed by atoms with Crippen LogP contribution in [0, 0.1) is 10.1 Å². The van der Waals surface area contributed by atoms with Gasteiger partial charge in [0.15, 0.2) is 12.0 Å². The molecule has 0 radical (unpaired) electrons. The molecule has 0 atom stereocenters. The maximum atomic E-state index is 10.6. The zero-order valence-corrected chi connectivity index (χ0v) is 7.97. The number of benzene rings is 1. The van der Waals surface area contributed by atoms with Crippen LogP contribution in [0.2, 0.25) is 0 Å². The first-order chi connectivity index (χ1) is 7.10. The molecule has 0 saturated carbocycles. The number of aromatic hydroxyl groups is 1. The average molecular weight is 211 g/mol. The van der Waals surface area contributed by atoms with Gasteiger partial charge in [0.2, 0.25) is 0 Å². The summed E-state index contributed by atoms with van der Waals surface area (Å²) < 4.78 is 5.03. The Morgan fingerprint density at radius 3 is 2.73 bits per heavy atom. The molecule has 80 valence electrons. The molecule has 0 amide bonds. The molecule has 0 aromatic heterocycles. The second kappa shape index (κ2) is 4.41. The Balaban J connectivity index is 3.28. The van der Waals surface area contributed by atoms with Gasteiger partial charge in [0.1, 0.15) is 5.75 Å². The van der Waals surface area contributed by atoms with E-state index in [1.54, 1.807) is 6.92 Å². The fourth-order valence-electron chi connectivity index (χ4n) is 1.09. The summed E-state index contributed by atoms with van der Waals surface area (Å²) in [5.41, 5.74) is -0.470. The van der Waals surface area contributed by atoms with Gasteiger partial charge in [0.25, 0.3) is 0 Å². The lowest BCUT2D eigenvalue weighted by molar-refractivity contribution is -0.385. The fraction of sp³-hybridized carbons (Fsp3) is 0.222. The lowest BCUT2D eigenvalue weighted by atomic mass is 10.2. The molecular weight excluding hydrogens is 202 g/mol. The van der Waals surface area contributed by atoms with Crippen molar-refractivity contribution in [2.75, 3.05) is 6.61 Å². The van der Waals surface area contributed by atoms with Gasteiger partial charge in [-0.05, 0) is 6.92 Å². The van der Waals surface area contributed by atoms with Crippen LogP contribution in [0.25, 0.3) is 0 Å². The fourth-order valence-corrected chi connectivity index (χ4v) is 1.09. The molecular formula is C9H9NO5. The van der Waals surface area contributed by atoms with E-state index in [4.69, 9.17) is 4.74 Å². The standard InChI is InChI=1S/C9H9NO5/c1-2-15-9-4-8(12)7(10(13)14)3-6(9)5-11/h3-5,12H,2H2,1H3. The molecule has 15 heavy (non-hydrogen) atoms. The average Bonchev–Trinajstić information content (AvgIpc) is 2.18. The van der Waals surface area contributed by atoms with Crippen LogP contribution in [0.5, 0.6) is 11.5 Å². The van der Waals surface area contributed by atoms with Gasteiger partial charge in [0, 0.05) is 12.1 Å². The summed E-state index contributed by atoms with van der Waals surface area (Å²) in [4.78, 5) is 20.3. The normalized spacial score (nSPS) is 9.67. The predicted molar refractivity (Wildman–Crippen MR) is 51.3 cm³/mol. The van der Waals surface area contributed by atoms with Crippen molar-refractivity contribution in [2.45, 2.75) is 6.92 Å². The van der Waals surface area contributed by atoms with Crippen LogP contribution >= 0.6 is 0 Å². The van der Waals surface area contributed by atoms with Crippen LogP contribution in [0.3, 0.4) is 0 Å². The molecule has 6 heteroatoms. The van der Waals surface area contributed by atoms with E-state index in [0.717, 1.165) is 12.1 Å². The van der Waals surface area contributed by atoms with Crippen molar-refractivity contribution in [3.05, 3.63) is 27.8 Å². The zero-order chi connectivity index (χ0) is 11.4. The molecule has 6 nitrogen and oxygen atoms in total. The summed E-state index contributed by atoms with van der Waals surface area (Å²) >= 11 is 0. The SMILES string of the molecule is CCOc1cc(O)c([N+](=O)[O-])cc1C=O. The Bertz CT molecular complexity index is 402. The predicted octanol–water partition coefficient (Wildman–Crippen LogP) is 1.51. The number of aldehydes is 1. The van der Waals surface area contributed by atoms with Crippen molar-refractivity contribution in [3.8, 4) is 11.5 Å². The van der Waals surface area contributed by atoms with Gasteiger partial charge in [-0.2, -0.15) is 0 Å². The van der Waals surface area contributed by atoms with E-state index in [-0.39, 0.29) is 11.3 Å². The molecule has 0 heterocycles. The molecule has 0 unspecified atom stereocenters.